The zero-order valence-corrected chi connectivity index (χ0v) is 15.6. The number of halogens is 2. The second-order valence-electron chi connectivity index (χ2n) is 6.29. The third kappa shape index (κ3) is 4.29. The lowest BCUT2D eigenvalue weighted by molar-refractivity contribution is -0.122. The number of piperidine rings is 1. The van der Waals surface area contributed by atoms with Crippen molar-refractivity contribution in [3.63, 3.8) is 0 Å². The van der Waals surface area contributed by atoms with Crippen LogP contribution in [0.15, 0.2) is 42.5 Å². The van der Waals surface area contributed by atoms with Crippen LogP contribution in [0.5, 0.6) is 0 Å². The molecule has 3 N–H and O–H groups in total. The van der Waals surface area contributed by atoms with Crippen LogP contribution in [-0.2, 0) is 4.79 Å². The highest BCUT2D eigenvalue weighted by molar-refractivity contribution is 6.42. The molecule has 0 spiro atoms. The number of hydrogen-bond donors (Lipinski definition) is 2. The van der Waals surface area contributed by atoms with Crippen LogP contribution in [0.4, 0.5) is 11.4 Å². The second kappa shape index (κ2) is 7.98. The summed E-state index contributed by atoms with van der Waals surface area (Å²) >= 11 is 11.8. The molecule has 0 saturated carbocycles. The molecule has 2 aromatic carbocycles. The van der Waals surface area contributed by atoms with Crippen molar-refractivity contribution < 1.29 is 9.59 Å². The topological polar surface area (TPSA) is 75.4 Å². The van der Waals surface area contributed by atoms with Crippen molar-refractivity contribution >= 4 is 46.4 Å². The Labute approximate surface area is 162 Å². The van der Waals surface area contributed by atoms with E-state index in [-0.39, 0.29) is 17.7 Å². The second-order valence-corrected chi connectivity index (χ2v) is 7.11. The SMILES string of the molecule is NC(=O)C1CCN(c2ccc(NC(=O)c3ccc(Cl)c(Cl)c3)cc2)CC1. The van der Waals surface area contributed by atoms with Crippen LogP contribution in [0, 0.1) is 5.92 Å². The quantitative estimate of drug-likeness (QED) is 0.828. The van der Waals surface area contributed by atoms with Crippen molar-refractivity contribution in [2.45, 2.75) is 12.8 Å². The highest BCUT2D eigenvalue weighted by atomic mass is 35.5. The van der Waals surface area contributed by atoms with Crippen molar-refractivity contribution in [3.8, 4) is 0 Å². The standard InChI is InChI=1S/C19H19Cl2N3O2/c20-16-6-1-13(11-17(16)21)19(26)23-14-2-4-15(5-3-14)24-9-7-12(8-10-24)18(22)25/h1-6,11-12H,7-10H2,(H2,22,25)(H,23,26). The summed E-state index contributed by atoms with van der Waals surface area (Å²) in [5.41, 5.74) is 7.56. The van der Waals surface area contributed by atoms with Crippen LogP contribution in [-0.4, -0.2) is 24.9 Å². The van der Waals surface area contributed by atoms with Gasteiger partial charge in [-0.3, -0.25) is 9.59 Å². The Kier molecular flexibility index (Phi) is 5.69. The number of amides is 2. The summed E-state index contributed by atoms with van der Waals surface area (Å²) < 4.78 is 0. The van der Waals surface area contributed by atoms with Gasteiger partial charge in [-0.15, -0.1) is 0 Å². The lowest BCUT2D eigenvalue weighted by Gasteiger charge is -2.32. The molecule has 2 amide bonds. The van der Waals surface area contributed by atoms with Gasteiger partial charge in [-0.05, 0) is 55.3 Å². The fourth-order valence-electron chi connectivity index (χ4n) is 3.02. The average molecular weight is 392 g/mol. The molecular formula is C19H19Cl2N3O2. The molecular weight excluding hydrogens is 373 g/mol. The molecule has 0 aliphatic carbocycles. The van der Waals surface area contributed by atoms with Crippen LogP contribution >= 0.6 is 23.2 Å². The van der Waals surface area contributed by atoms with E-state index >= 15 is 0 Å². The molecule has 0 aromatic heterocycles. The minimum Gasteiger partial charge on any atom is -0.371 e. The third-order valence-corrected chi connectivity index (χ3v) is 5.31. The van der Waals surface area contributed by atoms with Gasteiger partial charge in [0.05, 0.1) is 10.0 Å². The molecule has 0 atom stereocenters. The Balaban J connectivity index is 1.62. The molecule has 2 aromatic rings. The van der Waals surface area contributed by atoms with Gasteiger partial charge in [0.2, 0.25) is 5.91 Å². The number of nitrogens with zero attached hydrogens (tertiary/aromatic N) is 1. The Morgan fingerprint density at radius 3 is 2.23 bits per heavy atom. The maximum Gasteiger partial charge on any atom is 0.255 e. The van der Waals surface area contributed by atoms with Crippen molar-refractivity contribution in [2.24, 2.45) is 11.7 Å². The van der Waals surface area contributed by atoms with Gasteiger partial charge in [-0.1, -0.05) is 23.2 Å². The minimum absolute atomic E-state index is 0.0315. The first-order valence-electron chi connectivity index (χ1n) is 8.35. The predicted molar refractivity (Wildman–Crippen MR) is 105 cm³/mol. The van der Waals surface area contributed by atoms with Gasteiger partial charge in [0.25, 0.3) is 5.91 Å². The smallest absolute Gasteiger partial charge is 0.255 e. The lowest BCUT2D eigenvalue weighted by atomic mass is 9.96. The Morgan fingerprint density at radius 2 is 1.65 bits per heavy atom. The summed E-state index contributed by atoms with van der Waals surface area (Å²) in [6, 6.07) is 12.4. The Bertz CT molecular complexity index is 816. The number of anilines is 2. The minimum atomic E-state index is -0.251. The summed E-state index contributed by atoms with van der Waals surface area (Å²) in [6.07, 6.45) is 1.54. The molecule has 136 valence electrons. The molecule has 7 heteroatoms. The molecule has 1 aliphatic rings. The van der Waals surface area contributed by atoms with Gasteiger partial charge in [0.15, 0.2) is 0 Å². The van der Waals surface area contributed by atoms with Crippen LogP contribution < -0.4 is 16.0 Å². The highest BCUT2D eigenvalue weighted by Gasteiger charge is 2.23. The van der Waals surface area contributed by atoms with E-state index in [0.29, 0.717) is 21.3 Å². The maximum absolute atomic E-state index is 12.3. The summed E-state index contributed by atoms with van der Waals surface area (Å²) in [5.74, 6) is -0.500. The first-order chi connectivity index (χ1) is 12.4. The van der Waals surface area contributed by atoms with Crippen molar-refractivity contribution in [1.82, 2.24) is 0 Å². The first kappa shape index (κ1) is 18.5. The van der Waals surface area contributed by atoms with Crippen LogP contribution in [0.2, 0.25) is 10.0 Å². The van der Waals surface area contributed by atoms with Gasteiger partial charge in [0, 0.05) is 35.9 Å². The molecule has 1 heterocycles. The van der Waals surface area contributed by atoms with Crippen molar-refractivity contribution in [2.75, 3.05) is 23.3 Å². The molecule has 1 aliphatic heterocycles. The number of rotatable bonds is 4. The van der Waals surface area contributed by atoms with Crippen LogP contribution in [0.1, 0.15) is 23.2 Å². The van der Waals surface area contributed by atoms with E-state index in [4.69, 9.17) is 28.9 Å². The van der Waals surface area contributed by atoms with E-state index in [1.165, 1.54) is 6.07 Å². The van der Waals surface area contributed by atoms with Crippen LogP contribution in [0.3, 0.4) is 0 Å². The molecule has 0 radical (unpaired) electrons. The number of hydrogen-bond acceptors (Lipinski definition) is 3. The summed E-state index contributed by atoms with van der Waals surface area (Å²) in [6.45, 7) is 1.59. The fraction of sp³-hybridized carbons (Fsp3) is 0.263. The molecule has 5 nitrogen and oxygen atoms in total. The van der Waals surface area contributed by atoms with E-state index in [1.807, 2.05) is 24.3 Å². The molecule has 3 rings (SSSR count). The van der Waals surface area contributed by atoms with E-state index < -0.39 is 0 Å². The van der Waals surface area contributed by atoms with E-state index in [2.05, 4.69) is 10.2 Å². The largest absolute Gasteiger partial charge is 0.371 e. The number of primary amides is 1. The van der Waals surface area contributed by atoms with Crippen LogP contribution in [0.25, 0.3) is 0 Å². The zero-order valence-electron chi connectivity index (χ0n) is 14.0. The van der Waals surface area contributed by atoms with Gasteiger partial charge >= 0.3 is 0 Å². The molecule has 0 unspecified atom stereocenters. The lowest BCUT2D eigenvalue weighted by Crippen LogP contribution is -2.38. The Hall–Kier alpha value is -2.24. The highest BCUT2D eigenvalue weighted by Crippen LogP contribution is 2.26. The normalized spacial score (nSPS) is 14.9. The number of carbonyl (C=O) groups is 2. The third-order valence-electron chi connectivity index (χ3n) is 4.57. The van der Waals surface area contributed by atoms with Gasteiger partial charge in [0.1, 0.15) is 0 Å². The maximum atomic E-state index is 12.3. The van der Waals surface area contributed by atoms with E-state index in [0.717, 1.165) is 31.6 Å². The average Bonchev–Trinajstić information content (AvgIpc) is 2.64. The van der Waals surface area contributed by atoms with Crippen molar-refractivity contribution in [3.05, 3.63) is 58.1 Å². The molecule has 26 heavy (non-hydrogen) atoms. The van der Waals surface area contributed by atoms with Gasteiger partial charge < -0.3 is 16.0 Å². The van der Waals surface area contributed by atoms with Gasteiger partial charge in [-0.25, -0.2) is 0 Å². The number of carbonyl (C=O) groups excluding carboxylic acids is 2. The monoisotopic (exact) mass is 391 g/mol. The zero-order chi connectivity index (χ0) is 18.7. The molecule has 0 bridgehead atoms. The van der Waals surface area contributed by atoms with E-state index in [9.17, 15) is 9.59 Å². The first-order valence-corrected chi connectivity index (χ1v) is 9.10. The van der Waals surface area contributed by atoms with E-state index in [1.54, 1.807) is 12.1 Å². The predicted octanol–water partition coefficient (Wildman–Crippen LogP) is 3.95. The fourth-order valence-corrected chi connectivity index (χ4v) is 3.32. The number of benzene rings is 2. The Morgan fingerprint density at radius 1 is 1.00 bits per heavy atom. The number of nitrogens with one attached hydrogen (secondary N) is 1. The summed E-state index contributed by atoms with van der Waals surface area (Å²) in [7, 11) is 0. The summed E-state index contributed by atoms with van der Waals surface area (Å²) in [5, 5.41) is 3.59. The number of nitrogens with two attached hydrogens (primary N) is 1. The van der Waals surface area contributed by atoms with Crippen molar-refractivity contribution in [1.29, 1.82) is 0 Å². The molecule has 1 fully saturated rings. The molecule has 1 saturated heterocycles. The summed E-state index contributed by atoms with van der Waals surface area (Å²) in [4.78, 5) is 25.8. The van der Waals surface area contributed by atoms with Gasteiger partial charge in [-0.2, -0.15) is 0 Å².